The van der Waals surface area contributed by atoms with Crippen LogP contribution in [-0.4, -0.2) is 25.2 Å². The van der Waals surface area contributed by atoms with E-state index in [-0.39, 0.29) is 12.4 Å². The molecule has 0 saturated heterocycles. The molecule has 112 valence electrons. The molecule has 1 aromatic carbocycles. The zero-order valence-corrected chi connectivity index (χ0v) is 9.81. The fraction of sp³-hybridized carbons (Fsp3) is 0.364. The molecule has 0 aromatic heterocycles. The molecule has 20 heavy (non-hydrogen) atoms. The van der Waals surface area contributed by atoms with Gasteiger partial charge in [-0.3, -0.25) is 4.79 Å². The quantitative estimate of drug-likeness (QED) is 0.686. The molecule has 1 rings (SSSR count). The van der Waals surface area contributed by atoms with Crippen LogP contribution in [-0.2, 0) is 11.0 Å². The summed E-state index contributed by atoms with van der Waals surface area (Å²) < 4.78 is 77.3. The van der Waals surface area contributed by atoms with E-state index >= 15 is 0 Å². The van der Waals surface area contributed by atoms with Gasteiger partial charge in [0.05, 0.1) is 12.1 Å². The minimum Gasteiger partial charge on any atom is -0.492 e. The number of rotatable bonds is 4. The fourth-order valence-corrected chi connectivity index (χ4v) is 1.20. The molecule has 1 N–H and O–H groups in total. The van der Waals surface area contributed by atoms with Crippen LogP contribution in [0.3, 0.4) is 0 Å². The standard InChI is InChI=1S/C11H9F6NO2/c12-10(13,14)7-2-1-3-8(6-7)20-5-4-18-9(19)11(15,16)17/h1-3,6H,4-5H2,(H,18,19). The zero-order chi connectivity index (χ0) is 15.4. The van der Waals surface area contributed by atoms with Gasteiger partial charge in [-0.05, 0) is 18.2 Å². The van der Waals surface area contributed by atoms with E-state index in [4.69, 9.17) is 4.74 Å². The average molecular weight is 301 g/mol. The normalized spacial score (nSPS) is 12.1. The van der Waals surface area contributed by atoms with Crippen LogP contribution in [0.1, 0.15) is 5.56 Å². The molecule has 0 aliphatic rings. The van der Waals surface area contributed by atoms with Gasteiger partial charge in [-0.25, -0.2) is 0 Å². The largest absolute Gasteiger partial charge is 0.492 e. The Labute approximate surface area is 109 Å². The summed E-state index contributed by atoms with van der Waals surface area (Å²) in [4.78, 5) is 10.4. The van der Waals surface area contributed by atoms with E-state index < -0.39 is 30.4 Å². The van der Waals surface area contributed by atoms with E-state index in [9.17, 15) is 31.1 Å². The molecule has 0 heterocycles. The fourth-order valence-electron chi connectivity index (χ4n) is 1.20. The number of amides is 1. The number of benzene rings is 1. The average Bonchev–Trinajstić information content (AvgIpc) is 2.32. The summed E-state index contributed by atoms with van der Waals surface area (Å²) >= 11 is 0. The molecular weight excluding hydrogens is 292 g/mol. The van der Waals surface area contributed by atoms with Crippen molar-refractivity contribution < 1.29 is 35.9 Å². The van der Waals surface area contributed by atoms with Crippen molar-refractivity contribution in [3.63, 3.8) is 0 Å². The van der Waals surface area contributed by atoms with Crippen LogP contribution in [0.4, 0.5) is 26.3 Å². The molecular formula is C11H9F6NO2. The first-order chi connectivity index (χ1) is 9.10. The number of carbonyl (C=O) groups is 1. The van der Waals surface area contributed by atoms with Crippen molar-refractivity contribution in [2.45, 2.75) is 12.4 Å². The lowest BCUT2D eigenvalue weighted by molar-refractivity contribution is -0.173. The van der Waals surface area contributed by atoms with Crippen LogP contribution in [0.2, 0.25) is 0 Å². The van der Waals surface area contributed by atoms with E-state index in [0.29, 0.717) is 6.07 Å². The lowest BCUT2D eigenvalue weighted by atomic mass is 10.2. The number of nitrogens with one attached hydrogen (secondary N) is 1. The number of ether oxygens (including phenoxy) is 1. The lowest BCUT2D eigenvalue weighted by Gasteiger charge is -2.11. The highest BCUT2D eigenvalue weighted by atomic mass is 19.4. The van der Waals surface area contributed by atoms with Gasteiger partial charge in [0.1, 0.15) is 12.4 Å². The van der Waals surface area contributed by atoms with E-state index in [1.54, 1.807) is 0 Å². The highest BCUT2D eigenvalue weighted by molar-refractivity contribution is 5.81. The minimum absolute atomic E-state index is 0.152. The smallest absolute Gasteiger partial charge is 0.471 e. The number of alkyl halides is 6. The number of carbonyl (C=O) groups excluding carboxylic acids is 1. The van der Waals surface area contributed by atoms with Gasteiger partial charge in [0.25, 0.3) is 0 Å². The molecule has 0 bridgehead atoms. The van der Waals surface area contributed by atoms with Crippen molar-refractivity contribution in [1.29, 1.82) is 0 Å². The van der Waals surface area contributed by atoms with Gasteiger partial charge in [-0.2, -0.15) is 26.3 Å². The summed E-state index contributed by atoms with van der Waals surface area (Å²) in [5.41, 5.74) is -0.936. The monoisotopic (exact) mass is 301 g/mol. The Balaban J connectivity index is 2.46. The summed E-state index contributed by atoms with van der Waals surface area (Å²) in [6.45, 7) is -0.863. The number of halogens is 6. The molecule has 0 atom stereocenters. The highest BCUT2D eigenvalue weighted by Gasteiger charge is 2.38. The van der Waals surface area contributed by atoms with Crippen molar-refractivity contribution in [1.82, 2.24) is 5.32 Å². The Morgan fingerprint density at radius 1 is 1.15 bits per heavy atom. The third-order valence-corrected chi connectivity index (χ3v) is 2.08. The zero-order valence-electron chi connectivity index (χ0n) is 9.81. The maximum absolute atomic E-state index is 12.4. The van der Waals surface area contributed by atoms with Gasteiger partial charge in [0.2, 0.25) is 0 Å². The van der Waals surface area contributed by atoms with Crippen LogP contribution in [0.5, 0.6) is 5.75 Å². The molecule has 0 unspecified atom stereocenters. The highest BCUT2D eigenvalue weighted by Crippen LogP contribution is 2.31. The van der Waals surface area contributed by atoms with E-state index in [0.717, 1.165) is 12.1 Å². The van der Waals surface area contributed by atoms with Crippen LogP contribution < -0.4 is 10.1 Å². The van der Waals surface area contributed by atoms with Gasteiger partial charge in [-0.15, -0.1) is 0 Å². The van der Waals surface area contributed by atoms with Crippen LogP contribution in [0.15, 0.2) is 24.3 Å². The van der Waals surface area contributed by atoms with Gasteiger partial charge in [-0.1, -0.05) is 6.07 Å². The Hall–Kier alpha value is -1.93. The topological polar surface area (TPSA) is 38.3 Å². The third kappa shape index (κ3) is 4.98. The van der Waals surface area contributed by atoms with Crippen LogP contribution >= 0.6 is 0 Å². The third-order valence-electron chi connectivity index (χ3n) is 2.08. The summed E-state index contributed by atoms with van der Waals surface area (Å²) in [5.74, 6) is -2.29. The van der Waals surface area contributed by atoms with Gasteiger partial charge in [0, 0.05) is 0 Å². The lowest BCUT2D eigenvalue weighted by Crippen LogP contribution is -2.38. The molecule has 0 fully saturated rings. The molecule has 0 aliphatic carbocycles. The molecule has 3 nitrogen and oxygen atoms in total. The van der Waals surface area contributed by atoms with E-state index in [1.165, 1.54) is 11.4 Å². The molecule has 9 heteroatoms. The maximum atomic E-state index is 12.4. The Morgan fingerprint density at radius 2 is 1.80 bits per heavy atom. The van der Waals surface area contributed by atoms with Crippen molar-refractivity contribution in [2.75, 3.05) is 13.2 Å². The molecule has 0 radical (unpaired) electrons. The van der Waals surface area contributed by atoms with Crippen molar-refractivity contribution in [2.24, 2.45) is 0 Å². The number of hydrogen-bond donors (Lipinski definition) is 1. The van der Waals surface area contributed by atoms with Gasteiger partial charge < -0.3 is 10.1 Å². The molecule has 1 amide bonds. The predicted octanol–water partition coefficient (Wildman–Crippen LogP) is 2.76. The van der Waals surface area contributed by atoms with Crippen molar-refractivity contribution in [3.8, 4) is 5.75 Å². The summed E-state index contributed by atoms with van der Waals surface area (Å²) in [7, 11) is 0. The summed E-state index contributed by atoms with van der Waals surface area (Å²) in [6.07, 6.45) is -9.54. The molecule has 0 spiro atoms. The second kappa shape index (κ2) is 6.02. The van der Waals surface area contributed by atoms with Gasteiger partial charge >= 0.3 is 18.3 Å². The van der Waals surface area contributed by atoms with E-state index in [2.05, 4.69) is 0 Å². The summed E-state index contributed by atoms with van der Waals surface area (Å²) in [6, 6.07) is 3.87. The number of hydrogen-bond acceptors (Lipinski definition) is 2. The van der Waals surface area contributed by atoms with E-state index in [1.807, 2.05) is 0 Å². The first-order valence-electron chi connectivity index (χ1n) is 5.26. The molecule has 0 aliphatic heterocycles. The SMILES string of the molecule is O=C(NCCOc1cccc(C(F)(F)F)c1)C(F)(F)F. The Kier molecular flexibility index (Phi) is 4.85. The second-order valence-corrected chi connectivity index (χ2v) is 3.63. The Bertz CT molecular complexity index is 469. The van der Waals surface area contributed by atoms with Crippen LogP contribution in [0.25, 0.3) is 0 Å². The first kappa shape index (κ1) is 16.1. The predicted molar refractivity (Wildman–Crippen MR) is 56.0 cm³/mol. The molecule has 1 aromatic rings. The van der Waals surface area contributed by atoms with Gasteiger partial charge in [0.15, 0.2) is 0 Å². The van der Waals surface area contributed by atoms with Crippen molar-refractivity contribution >= 4 is 5.91 Å². The Morgan fingerprint density at radius 3 is 2.35 bits per heavy atom. The molecule has 0 saturated carbocycles. The minimum atomic E-state index is -5.00. The summed E-state index contributed by atoms with van der Waals surface area (Å²) in [5, 5.41) is 1.53. The first-order valence-corrected chi connectivity index (χ1v) is 5.26. The maximum Gasteiger partial charge on any atom is 0.471 e. The second-order valence-electron chi connectivity index (χ2n) is 3.63. The van der Waals surface area contributed by atoms with Crippen LogP contribution in [0, 0.1) is 0 Å². The van der Waals surface area contributed by atoms with Crippen molar-refractivity contribution in [3.05, 3.63) is 29.8 Å².